The van der Waals surface area contributed by atoms with E-state index in [9.17, 15) is 9.18 Å². The number of hydrogen-bond donors (Lipinski definition) is 0. The molecule has 29 heavy (non-hydrogen) atoms. The lowest BCUT2D eigenvalue weighted by molar-refractivity contribution is -0.132. The molecule has 0 N–H and O–H groups in total. The molecule has 4 rings (SSSR count). The van der Waals surface area contributed by atoms with Gasteiger partial charge in [0.05, 0.1) is 6.54 Å². The second-order valence-corrected chi connectivity index (χ2v) is 7.58. The van der Waals surface area contributed by atoms with Crippen LogP contribution < -0.4 is 0 Å². The Kier molecular flexibility index (Phi) is 5.98. The van der Waals surface area contributed by atoms with Crippen LogP contribution in [0.2, 0.25) is 0 Å². The molecular weight excluding hydrogens is 367 g/mol. The number of rotatable bonds is 6. The summed E-state index contributed by atoms with van der Waals surface area (Å²) < 4.78 is 15.2. The number of imidazole rings is 1. The van der Waals surface area contributed by atoms with Crippen LogP contribution in [-0.2, 0) is 17.8 Å². The average Bonchev–Trinajstić information content (AvgIpc) is 3.22. The Bertz CT molecular complexity index is 939. The zero-order valence-corrected chi connectivity index (χ0v) is 16.4. The SMILES string of the molecule is O=C(CCc1ccc(F)cc1)N1CCCC(c2nccn2Cc2cccnc2)C1. The van der Waals surface area contributed by atoms with Crippen LogP contribution in [0.4, 0.5) is 4.39 Å². The summed E-state index contributed by atoms with van der Waals surface area (Å²) in [6.07, 6.45) is 10.6. The zero-order chi connectivity index (χ0) is 20.1. The van der Waals surface area contributed by atoms with Crippen molar-refractivity contribution in [2.45, 2.75) is 38.1 Å². The van der Waals surface area contributed by atoms with Crippen LogP contribution in [-0.4, -0.2) is 38.4 Å². The maximum Gasteiger partial charge on any atom is 0.222 e. The number of piperidine rings is 1. The average molecular weight is 392 g/mol. The predicted molar refractivity (Wildman–Crippen MR) is 109 cm³/mol. The van der Waals surface area contributed by atoms with Gasteiger partial charge in [-0.25, -0.2) is 9.37 Å². The van der Waals surface area contributed by atoms with Crippen LogP contribution in [0.1, 0.15) is 42.1 Å². The standard InChI is InChI=1S/C23H25FN4O/c24-21-8-5-18(6-9-21)7-10-22(29)27-13-2-4-20(17-27)23-26-12-14-28(23)16-19-3-1-11-25-15-19/h1,3,5-6,8-9,11-12,14-15,20H,2,4,7,10,13,16-17H2. The summed E-state index contributed by atoms with van der Waals surface area (Å²) in [4.78, 5) is 23.5. The second kappa shape index (κ2) is 8.99. The first-order chi connectivity index (χ1) is 14.2. The van der Waals surface area contributed by atoms with Gasteiger partial charge in [0, 0.05) is 50.2 Å². The first-order valence-corrected chi connectivity index (χ1v) is 10.1. The molecule has 1 atom stereocenters. The Balaban J connectivity index is 1.38. The Morgan fingerprint density at radius 3 is 2.79 bits per heavy atom. The van der Waals surface area contributed by atoms with E-state index in [0.29, 0.717) is 19.4 Å². The van der Waals surface area contributed by atoms with E-state index in [1.165, 1.54) is 12.1 Å². The van der Waals surface area contributed by atoms with E-state index in [-0.39, 0.29) is 17.6 Å². The fourth-order valence-electron chi connectivity index (χ4n) is 3.98. The van der Waals surface area contributed by atoms with Gasteiger partial charge in [-0.3, -0.25) is 9.78 Å². The van der Waals surface area contributed by atoms with Crippen LogP contribution in [0.25, 0.3) is 0 Å². The van der Waals surface area contributed by atoms with Gasteiger partial charge < -0.3 is 9.47 Å². The highest BCUT2D eigenvalue weighted by Gasteiger charge is 2.27. The summed E-state index contributed by atoms with van der Waals surface area (Å²) in [7, 11) is 0. The van der Waals surface area contributed by atoms with Crippen molar-refractivity contribution in [3.8, 4) is 0 Å². The van der Waals surface area contributed by atoms with Crippen molar-refractivity contribution in [2.24, 2.45) is 0 Å². The molecule has 0 saturated carbocycles. The third kappa shape index (κ3) is 4.88. The number of benzene rings is 1. The van der Waals surface area contributed by atoms with Gasteiger partial charge in [0.25, 0.3) is 0 Å². The van der Waals surface area contributed by atoms with Gasteiger partial charge in [-0.1, -0.05) is 18.2 Å². The number of amides is 1. The highest BCUT2D eigenvalue weighted by molar-refractivity contribution is 5.76. The van der Waals surface area contributed by atoms with Crippen LogP contribution in [0.3, 0.4) is 0 Å². The monoisotopic (exact) mass is 392 g/mol. The molecule has 150 valence electrons. The van der Waals surface area contributed by atoms with E-state index in [1.54, 1.807) is 18.3 Å². The van der Waals surface area contributed by atoms with E-state index in [1.807, 2.05) is 29.6 Å². The maximum absolute atomic E-state index is 13.0. The molecule has 1 saturated heterocycles. The molecular formula is C23H25FN4O. The fourth-order valence-corrected chi connectivity index (χ4v) is 3.98. The molecule has 0 spiro atoms. The van der Waals surface area contributed by atoms with Crippen molar-refractivity contribution >= 4 is 5.91 Å². The molecule has 5 nitrogen and oxygen atoms in total. The van der Waals surface area contributed by atoms with E-state index >= 15 is 0 Å². The molecule has 3 aromatic rings. The fraction of sp³-hybridized carbons (Fsp3) is 0.348. The number of aryl methyl sites for hydroxylation is 1. The smallest absolute Gasteiger partial charge is 0.222 e. The van der Waals surface area contributed by atoms with Crippen molar-refractivity contribution in [1.29, 1.82) is 0 Å². The predicted octanol–water partition coefficient (Wildman–Crippen LogP) is 3.80. The summed E-state index contributed by atoms with van der Waals surface area (Å²) in [5.74, 6) is 1.18. The molecule has 1 aliphatic heterocycles. The van der Waals surface area contributed by atoms with Gasteiger partial charge in [0.2, 0.25) is 5.91 Å². The third-order valence-electron chi connectivity index (χ3n) is 5.50. The lowest BCUT2D eigenvalue weighted by atomic mass is 9.96. The van der Waals surface area contributed by atoms with Gasteiger partial charge in [0.15, 0.2) is 0 Å². The van der Waals surface area contributed by atoms with Crippen molar-refractivity contribution < 1.29 is 9.18 Å². The number of pyridine rings is 1. The largest absolute Gasteiger partial charge is 0.342 e. The highest BCUT2D eigenvalue weighted by atomic mass is 19.1. The van der Waals surface area contributed by atoms with Gasteiger partial charge >= 0.3 is 0 Å². The zero-order valence-electron chi connectivity index (χ0n) is 16.4. The summed E-state index contributed by atoms with van der Waals surface area (Å²) in [6, 6.07) is 10.4. The Morgan fingerprint density at radius 2 is 2.00 bits per heavy atom. The molecule has 2 aromatic heterocycles. The van der Waals surface area contributed by atoms with E-state index in [0.717, 1.165) is 42.9 Å². The summed E-state index contributed by atoms with van der Waals surface area (Å²) in [5.41, 5.74) is 2.12. The van der Waals surface area contributed by atoms with Gasteiger partial charge in [-0.2, -0.15) is 0 Å². The normalized spacial score (nSPS) is 16.7. The Labute approximate surface area is 170 Å². The van der Waals surface area contributed by atoms with Crippen LogP contribution in [0.5, 0.6) is 0 Å². The number of hydrogen-bond acceptors (Lipinski definition) is 3. The van der Waals surface area contributed by atoms with E-state index in [2.05, 4.69) is 20.6 Å². The van der Waals surface area contributed by atoms with Crippen molar-refractivity contribution in [1.82, 2.24) is 19.4 Å². The van der Waals surface area contributed by atoms with Gasteiger partial charge in [-0.05, 0) is 48.6 Å². The number of nitrogens with zero attached hydrogens (tertiary/aromatic N) is 4. The van der Waals surface area contributed by atoms with Crippen LogP contribution >= 0.6 is 0 Å². The minimum Gasteiger partial charge on any atom is -0.342 e. The molecule has 6 heteroatoms. The van der Waals surface area contributed by atoms with Crippen molar-refractivity contribution in [3.63, 3.8) is 0 Å². The highest BCUT2D eigenvalue weighted by Crippen LogP contribution is 2.27. The number of carbonyl (C=O) groups excluding carboxylic acids is 1. The van der Waals surface area contributed by atoms with Crippen LogP contribution in [0, 0.1) is 5.82 Å². The van der Waals surface area contributed by atoms with Crippen molar-refractivity contribution in [3.05, 3.63) is 84.0 Å². The van der Waals surface area contributed by atoms with E-state index < -0.39 is 0 Å². The first-order valence-electron chi connectivity index (χ1n) is 10.1. The molecule has 3 heterocycles. The minimum atomic E-state index is -0.249. The van der Waals surface area contributed by atoms with Gasteiger partial charge in [0.1, 0.15) is 11.6 Å². The summed E-state index contributed by atoms with van der Waals surface area (Å²) in [5, 5.41) is 0. The van der Waals surface area contributed by atoms with Gasteiger partial charge in [-0.15, -0.1) is 0 Å². The molecule has 1 aliphatic rings. The maximum atomic E-state index is 13.0. The second-order valence-electron chi connectivity index (χ2n) is 7.58. The molecule has 0 bridgehead atoms. The molecule has 0 radical (unpaired) electrons. The lowest BCUT2D eigenvalue weighted by Gasteiger charge is -2.33. The number of likely N-dealkylation sites (tertiary alicyclic amines) is 1. The molecule has 1 unspecified atom stereocenters. The molecule has 0 aliphatic carbocycles. The topological polar surface area (TPSA) is 51.0 Å². The minimum absolute atomic E-state index is 0.157. The molecule has 1 aromatic carbocycles. The molecule has 1 amide bonds. The summed E-state index contributed by atoms with van der Waals surface area (Å²) >= 11 is 0. The van der Waals surface area contributed by atoms with Crippen LogP contribution in [0.15, 0.2) is 61.2 Å². The van der Waals surface area contributed by atoms with Crippen molar-refractivity contribution in [2.75, 3.05) is 13.1 Å². The molecule has 1 fully saturated rings. The number of carbonyl (C=O) groups is 1. The summed E-state index contributed by atoms with van der Waals surface area (Å²) in [6.45, 7) is 2.23. The van der Waals surface area contributed by atoms with E-state index in [4.69, 9.17) is 0 Å². The lowest BCUT2D eigenvalue weighted by Crippen LogP contribution is -2.39. The quantitative estimate of drug-likeness (QED) is 0.641. The Morgan fingerprint density at radius 1 is 1.14 bits per heavy atom. The number of halogens is 1. The Hall–Kier alpha value is -3.02. The third-order valence-corrected chi connectivity index (χ3v) is 5.50. The first kappa shape index (κ1) is 19.3. The number of aromatic nitrogens is 3.